The average molecular weight is 256 g/mol. The Balaban J connectivity index is 2.13. The molecule has 4 atom stereocenters. The lowest BCUT2D eigenvalue weighted by Gasteiger charge is -2.16. The average Bonchev–Trinajstić information content (AvgIpc) is 2.91. The van der Waals surface area contributed by atoms with Crippen molar-refractivity contribution in [3.63, 3.8) is 0 Å². The topological polar surface area (TPSA) is 63.2 Å². The molecule has 3 rings (SSSR count). The van der Waals surface area contributed by atoms with Crippen LogP contribution in [-0.4, -0.2) is 26.8 Å². The standard InChI is InChI=1S/C14H16N4O/c1-8-9(2)19-10(3)13(8)14-17-16-12-5-4-11(6-15)7-18(12)14/h4-5,7-10,13H,1-3H3. The van der Waals surface area contributed by atoms with E-state index < -0.39 is 0 Å². The second kappa shape index (κ2) is 4.32. The van der Waals surface area contributed by atoms with E-state index in [1.165, 1.54) is 0 Å². The van der Waals surface area contributed by atoms with E-state index >= 15 is 0 Å². The van der Waals surface area contributed by atoms with Gasteiger partial charge in [-0.3, -0.25) is 4.40 Å². The van der Waals surface area contributed by atoms with Crippen LogP contribution in [0.3, 0.4) is 0 Å². The Hall–Kier alpha value is -1.93. The number of nitrogens with zero attached hydrogens (tertiary/aromatic N) is 4. The minimum absolute atomic E-state index is 0.114. The summed E-state index contributed by atoms with van der Waals surface area (Å²) in [7, 11) is 0. The first-order valence-electron chi connectivity index (χ1n) is 6.52. The van der Waals surface area contributed by atoms with Crippen LogP contribution < -0.4 is 0 Å². The lowest BCUT2D eigenvalue weighted by molar-refractivity contribution is 0.0553. The molecule has 1 aliphatic heterocycles. The van der Waals surface area contributed by atoms with Gasteiger partial charge in [0.15, 0.2) is 5.65 Å². The maximum absolute atomic E-state index is 9.01. The normalized spacial score (nSPS) is 30.6. The number of aromatic nitrogens is 3. The molecule has 98 valence electrons. The summed E-state index contributed by atoms with van der Waals surface area (Å²) in [6, 6.07) is 5.73. The third-order valence-corrected chi connectivity index (χ3v) is 4.10. The summed E-state index contributed by atoms with van der Waals surface area (Å²) < 4.78 is 7.78. The summed E-state index contributed by atoms with van der Waals surface area (Å²) in [5.74, 6) is 1.48. The molecule has 2 aromatic rings. The van der Waals surface area contributed by atoms with Crippen LogP contribution in [0.25, 0.3) is 5.65 Å². The predicted octanol–water partition coefficient (Wildman–Crippen LogP) is 2.13. The highest BCUT2D eigenvalue weighted by atomic mass is 16.5. The van der Waals surface area contributed by atoms with E-state index in [2.05, 4.69) is 37.0 Å². The van der Waals surface area contributed by atoms with Gasteiger partial charge in [-0.2, -0.15) is 5.26 Å². The van der Waals surface area contributed by atoms with Crippen LogP contribution in [0, 0.1) is 17.2 Å². The predicted molar refractivity (Wildman–Crippen MR) is 69.6 cm³/mol. The maximum Gasteiger partial charge on any atom is 0.160 e. The first kappa shape index (κ1) is 12.1. The highest BCUT2D eigenvalue weighted by Crippen LogP contribution is 2.38. The summed E-state index contributed by atoms with van der Waals surface area (Å²) in [6.07, 6.45) is 2.13. The Kier molecular flexibility index (Phi) is 2.76. The molecule has 5 heteroatoms. The molecular formula is C14H16N4O. The van der Waals surface area contributed by atoms with Crippen molar-refractivity contribution in [1.82, 2.24) is 14.6 Å². The second-order valence-electron chi connectivity index (χ2n) is 5.25. The van der Waals surface area contributed by atoms with Crippen molar-refractivity contribution >= 4 is 5.65 Å². The summed E-state index contributed by atoms with van der Waals surface area (Å²) >= 11 is 0. The van der Waals surface area contributed by atoms with E-state index in [0.29, 0.717) is 11.5 Å². The fraction of sp³-hybridized carbons (Fsp3) is 0.500. The van der Waals surface area contributed by atoms with E-state index in [9.17, 15) is 0 Å². The molecule has 3 heterocycles. The quantitative estimate of drug-likeness (QED) is 0.784. The van der Waals surface area contributed by atoms with Crippen molar-refractivity contribution in [1.29, 1.82) is 5.26 Å². The zero-order chi connectivity index (χ0) is 13.6. The first-order valence-corrected chi connectivity index (χ1v) is 6.52. The molecule has 1 aliphatic rings. The van der Waals surface area contributed by atoms with E-state index in [1.54, 1.807) is 12.3 Å². The van der Waals surface area contributed by atoms with Crippen LogP contribution in [0.15, 0.2) is 18.3 Å². The van der Waals surface area contributed by atoms with Gasteiger partial charge in [0.1, 0.15) is 11.9 Å². The number of hydrogen-bond donors (Lipinski definition) is 0. The molecule has 0 saturated carbocycles. The summed E-state index contributed by atoms with van der Waals surface area (Å²) in [5.41, 5.74) is 1.38. The van der Waals surface area contributed by atoms with Crippen LogP contribution in [0.1, 0.15) is 38.1 Å². The molecule has 0 bridgehead atoms. The van der Waals surface area contributed by atoms with Crippen LogP contribution in [0.2, 0.25) is 0 Å². The van der Waals surface area contributed by atoms with Crippen LogP contribution in [-0.2, 0) is 4.74 Å². The Morgan fingerprint density at radius 3 is 2.63 bits per heavy atom. The van der Waals surface area contributed by atoms with Gasteiger partial charge in [-0.25, -0.2) is 0 Å². The van der Waals surface area contributed by atoms with Crippen molar-refractivity contribution in [2.75, 3.05) is 0 Å². The molecular weight excluding hydrogens is 240 g/mol. The van der Waals surface area contributed by atoms with Gasteiger partial charge in [0.05, 0.1) is 23.7 Å². The molecule has 1 fully saturated rings. The smallest absolute Gasteiger partial charge is 0.160 e. The lowest BCUT2D eigenvalue weighted by Crippen LogP contribution is -2.18. The van der Waals surface area contributed by atoms with Gasteiger partial charge in [0.25, 0.3) is 0 Å². The SMILES string of the molecule is CC1OC(C)C(c2nnc3ccc(C#N)cn23)C1C. The number of hydrogen-bond acceptors (Lipinski definition) is 4. The van der Waals surface area contributed by atoms with Gasteiger partial charge >= 0.3 is 0 Å². The molecule has 4 unspecified atom stereocenters. The molecule has 19 heavy (non-hydrogen) atoms. The van der Waals surface area contributed by atoms with E-state index in [0.717, 1.165) is 11.5 Å². The molecule has 0 aliphatic carbocycles. The fourth-order valence-corrected chi connectivity index (χ4v) is 2.91. The molecule has 5 nitrogen and oxygen atoms in total. The zero-order valence-corrected chi connectivity index (χ0v) is 11.2. The zero-order valence-electron chi connectivity index (χ0n) is 11.2. The minimum atomic E-state index is 0.114. The molecule has 0 radical (unpaired) electrons. The third kappa shape index (κ3) is 1.80. The molecule has 0 amide bonds. The first-order chi connectivity index (χ1) is 9.11. The summed E-state index contributed by atoms with van der Waals surface area (Å²) in [6.45, 7) is 6.33. The Morgan fingerprint density at radius 2 is 2.00 bits per heavy atom. The summed E-state index contributed by atoms with van der Waals surface area (Å²) in [4.78, 5) is 0. The minimum Gasteiger partial charge on any atom is -0.374 e. The Morgan fingerprint density at radius 1 is 1.21 bits per heavy atom. The molecule has 2 aromatic heterocycles. The van der Waals surface area contributed by atoms with Crippen molar-refractivity contribution < 1.29 is 4.74 Å². The third-order valence-electron chi connectivity index (χ3n) is 4.10. The van der Waals surface area contributed by atoms with Gasteiger partial charge in [0.2, 0.25) is 0 Å². The van der Waals surface area contributed by atoms with Gasteiger partial charge < -0.3 is 4.74 Å². The molecule has 0 aromatic carbocycles. The largest absolute Gasteiger partial charge is 0.374 e. The van der Waals surface area contributed by atoms with Crippen LogP contribution in [0.5, 0.6) is 0 Å². The molecule has 1 saturated heterocycles. The Bertz CT molecular complexity index is 657. The van der Waals surface area contributed by atoms with Crippen molar-refractivity contribution in [3.05, 3.63) is 29.7 Å². The highest BCUT2D eigenvalue weighted by Gasteiger charge is 2.40. The van der Waals surface area contributed by atoms with Crippen molar-refractivity contribution in [2.45, 2.75) is 38.9 Å². The molecule has 0 spiro atoms. The monoisotopic (exact) mass is 256 g/mol. The number of ether oxygens (including phenoxy) is 1. The van der Waals surface area contributed by atoms with Gasteiger partial charge in [0, 0.05) is 6.20 Å². The van der Waals surface area contributed by atoms with Crippen LogP contribution in [0.4, 0.5) is 0 Å². The fourth-order valence-electron chi connectivity index (χ4n) is 2.91. The number of fused-ring (bicyclic) bond motifs is 1. The van der Waals surface area contributed by atoms with Gasteiger partial charge in [-0.1, -0.05) is 6.92 Å². The maximum atomic E-state index is 9.01. The lowest BCUT2D eigenvalue weighted by atomic mass is 9.89. The second-order valence-corrected chi connectivity index (χ2v) is 5.25. The van der Waals surface area contributed by atoms with E-state index in [-0.39, 0.29) is 18.1 Å². The highest BCUT2D eigenvalue weighted by molar-refractivity contribution is 5.43. The van der Waals surface area contributed by atoms with Crippen LogP contribution >= 0.6 is 0 Å². The van der Waals surface area contributed by atoms with Crippen molar-refractivity contribution in [2.24, 2.45) is 5.92 Å². The molecule has 0 N–H and O–H groups in total. The number of pyridine rings is 1. The number of rotatable bonds is 1. The van der Waals surface area contributed by atoms with Gasteiger partial charge in [-0.15, -0.1) is 10.2 Å². The van der Waals surface area contributed by atoms with E-state index in [4.69, 9.17) is 10.00 Å². The summed E-state index contributed by atoms with van der Waals surface area (Å²) in [5, 5.41) is 17.5. The van der Waals surface area contributed by atoms with E-state index in [1.807, 2.05) is 10.5 Å². The van der Waals surface area contributed by atoms with Crippen molar-refractivity contribution in [3.8, 4) is 6.07 Å². The van der Waals surface area contributed by atoms with Gasteiger partial charge in [-0.05, 0) is 31.9 Å². The number of nitriles is 1. The Labute approximate surface area is 111 Å².